The van der Waals surface area contributed by atoms with Crippen LogP contribution in [0.25, 0.3) is 0 Å². The fourth-order valence-corrected chi connectivity index (χ4v) is 1.66. The van der Waals surface area contributed by atoms with Crippen LogP contribution in [0.1, 0.15) is 39.5 Å². The van der Waals surface area contributed by atoms with Gasteiger partial charge in [-0.15, -0.1) is 0 Å². The molecule has 0 aromatic carbocycles. The standard InChI is InChI=1S/C12H25NO2/c1-3-11(2)13-7-5-8-14-10-12-6-4-9-15-12/h11-13H,3-10H2,1-2H3. The maximum atomic E-state index is 5.57. The van der Waals surface area contributed by atoms with Crippen LogP contribution in [-0.4, -0.2) is 38.5 Å². The Morgan fingerprint density at radius 2 is 2.40 bits per heavy atom. The lowest BCUT2D eigenvalue weighted by molar-refractivity contribution is 0.0165. The Kier molecular flexibility index (Phi) is 6.98. The van der Waals surface area contributed by atoms with E-state index in [1.54, 1.807) is 0 Å². The Balaban J connectivity index is 1.80. The van der Waals surface area contributed by atoms with Gasteiger partial charge in [0.05, 0.1) is 12.7 Å². The second-order valence-corrected chi connectivity index (χ2v) is 4.33. The van der Waals surface area contributed by atoms with Gasteiger partial charge in [-0.2, -0.15) is 0 Å². The van der Waals surface area contributed by atoms with Gasteiger partial charge < -0.3 is 14.8 Å². The number of nitrogens with one attached hydrogen (secondary N) is 1. The van der Waals surface area contributed by atoms with Gasteiger partial charge in [0.25, 0.3) is 0 Å². The molecular weight excluding hydrogens is 190 g/mol. The highest BCUT2D eigenvalue weighted by molar-refractivity contribution is 4.63. The van der Waals surface area contributed by atoms with Crippen molar-refractivity contribution >= 4 is 0 Å². The van der Waals surface area contributed by atoms with Crippen LogP contribution in [0.4, 0.5) is 0 Å². The molecule has 0 aliphatic carbocycles. The lowest BCUT2D eigenvalue weighted by Gasteiger charge is -2.12. The molecule has 1 rings (SSSR count). The zero-order valence-electron chi connectivity index (χ0n) is 10.1. The van der Waals surface area contributed by atoms with Crippen molar-refractivity contribution in [3.8, 4) is 0 Å². The molecule has 3 heteroatoms. The minimum atomic E-state index is 0.368. The zero-order chi connectivity index (χ0) is 10.9. The van der Waals surface area contributed by atoms with Gasteiger partial charge in [0.1, 0.15) is 0 Å². The Labute approximate surface area is 93.5 Å². The fraction of sp³-hybridized carbons (Fsp3) is 1.00. The molecule has 90 valence electrons. The van der Waals surface area contributed by atoms with E-state index in [4.69, 9.17) is 9.47 Å². The van der Waals surface area contributed by atoms with E-state index in [0.29, 0.717) is 12.1 Å². The molecule has 0 aromatic rings. The number of rotatable bonds is 8. The number of ether oxygens (including phenoxy) is 2. The van der Waals surface area contributed by atoms with Gasteiger partial charge in [0, 0.05) is 19.3 Å². The largest absolute Gasteiger partial charge is 0.379 e. The molecule has 15 heavy (non-hydrogen) atoms. The molecule has 3 nitrogen and oxygen atoms in total. The highest BCUT2D eigenvalue weighted by atomic mass is 16.5. The van der Waals surface area contributed by atoms with Gasteiger partial charge in [0.15, 0.2) is 0 Å². The van der Waals surface area contributed by atoms with E-state index < -0.39 is 0 Å². The first kappa shape index (κ1) is 12.9. The molecule has 2 atom stereocenters. The van der Waals surface area contributed by atoms with E-state index in [0.717, 1.165) is 32.8 Å². The molecular formula is C12H25NO2. The summed E-state index contributed by atoms with van der Waals surface area (Å²) < 4.78 is 11.0. The summed E-state index contributed by atoms with van der Waals surface area (Å²) in [4.78, 5) is 0. The highest BCUT2D eigenvalue weighted by Crippen LogP contribution is 2.11. The molecule has 1 saturated heterocycles. The summed E-state index contributed by atoms with van der Waals surface area (Å²) in [6.07, 6.45) is 5.02. The van der Waals surface area contributed by atoms with Crippen LogP contribution in [0.2, 0.25) is 0 Å². The molecule has 0 aromatic heterocycles. The zero-order valence-corrected chi connectivity index (χ0v) is 10.1. The average Bonchev–Trinajstić information content (AvgIpc) is 2.75. The van der Waals surface area contributed by atoms with Crippen LogP contribution in [0.3, 0.4) is 0 Å². The minimum absolute atomic E-state index is 0.368. The van der Waals surface area contributed by atoms with E-state index in [1.165, 1.54) is 19.3 Å². The maximum absolute atomic E-state index is 5.57. The first-order valence-corrected chi connectivity index (χ1v) is 6.25. The molecule has 1 aliphatic rings. The van der Waals surface area contributed by atoms with Gasteiger partial charge in [-0.1, -0.05) is 6.92 Å². The monoisotopic (exact) mass is 215 g/mol. The molecule has 0 saturated carbocycles. The molecule has 0 radical (unpaired) electrons. The van der Waals surface area contributed by atoms with Crippen molar-refractivity contribution in [1.29, 1.82) is 0 Å². The Bertz CT molecular complexity index is 147. The topological polar surface area (TPSA) is 30.5 Å². The molecule has 0 bridgehead atoms. The fourth-order valence-electron chi connectivity index (χ4n) is 1.66. The molecule has 1 fully saturated rings. The van der Waals surface area contributed by atoms with E-state index in [2.05, 4.69) is 19.2 Å². The highest BCUT2D eigenvalue weighted by Gasteiger charge is 2.14. The van der Waals surface area contributed by atoms with Gasteiger partial charge in [-0.25, -0.2) is 0 Å². The SMILES string of the molecule is CCC(C)NCCCOCC1CCCO1. The predicted molar refractivity (Wildman–Crippen MR) is 62.2 cm³/mol. The second kappa shape index (κ2) is 8.08. The Morgan fingerprint density at radius 3 is 3.07 bits per heavy atom. The molecule has 2 unspecified atom stereocenters. The van der Waals surface area contributed by atoms with E-state index in [9.17, 15) is 0 Å². The van der Waals surface area contributed by atoms with E-state index >= 15 is 0 Å². The van der Waals surface area contributed by atoms with Crippen molar-refractivity contribution in [2.24, 2.45) is 0 Å². The van der Waals surface area contributed by atoms with Crippen molar-refractivity contribution in [3.63, 3.8) is 0 Å². The van der Waals surface area contributed by atoms with Crippen LogP contribution >= 0.6 is 0 Å². The van der Waals surface area contributed by atoms with Crippen LogP contribution in [0, 0.1) is 0 Å². The Hall–Kier alpha value is -0.120. The number of hydrogen-bond acceptors (Lipinski definition) is 3. The first-order chi connectivity index (χ1) is 7.33. The third-order valence-corrected chi connectivity index (χ3v) is 2.90. The van der Waals surface area contributed by atoms with Crippen molar-refractivity contribution in [1.82, 2.24) is 5.32 Å². The lowest BCUT2D eigenvalue weighted by atomic mass is 10.2. The third kappa shape index (κ3) is 6.13. The summed E-state index contributed by atoms with van der Waals surface area (Å²) in [5.41, 5.74) is 0. The quantitative estimate of drug-likeness (QED) is 0.628. The molecule has 1 N–H and O–H groups in total. The van der Waals surface area contributed by atoms with Crippen LogP contribution < -0.4 is 5.32 Å². The van der Waals surface area contributed by atoms with Crippen molar-refractivity contribution in [3.05, 3.63) is 0 Å². The summed E-state index contributed by atoms with van der Waals surface area (Å²) >= 11 is 0. The van der Waals surface area contributed by atoms with Gasteiger partial charge >= 0.3 is 0 Å². The van der Waals surface area contributed by atoms with Crippen LogP contribution in [0.15, 0.2) is 0 Å². The minimum Gasteiger partial charge on any atom is -0.379 e. The predicted octanol–water partition coefficient (Wildman–Crippen LogP) is 1.96. The van der Waals surface area contributed by atoms with Gasteiger partial charge in [0.2, 0.25) is 0 Å². The normalized spacial score (nSPS) is 23.2. The maximum Gasteiger partial charge on any atom is 0.0809 e. The summed E-state index contributed by atoms with van der Waals surface area (Å²) in [6.45, 7) is 8.02. The van der Waals surface area contributed by atoms with E-state index in [-0.39, 0.29) is 0 Å². The average molecular weight is 215 g/mol. The lowest BCUT2D eigenvalue weighted by Crippen LogP contribution is -2.27. The van der Waals surface area contributed by atoms with Crippen molar-refractivity contribution in [2.75, 3.05) is 26.4 Å². The van der Waals surface area contributed by atoms with Crippen molar-refractivity contribution < 1.29 is 9.47 Å². The summed E-state index contributed by atoms with van der Waals surface area (Å²) in [7, 11) is 0. The van der Waals surface area contributed by atoms with Crippen LogP contribution in [0.5, 0.6) is 0 Å². The first-order valence-electron chi connectivity index (χ1n) is 6.25. The molecule has 1 heterocycles. The molecule has 1 aliphatic heterocycles. The second-order valence-electron chi connectivity index (χ2n) is 4.33. The molecule has 0 amide bonds. The van der Waals surface area contributed by atoms with E-state index in [1.807, 2.05) is 0 Å². The smallest absolute Gasteiger partial charge is 0.0809 e. The van der Waals surface area contributed by atoms with Crippen LogP contribution in [-0.2, 0) is 9.47 Å². The van der Waals surface area contributed by atoms with Gasteiger partial charge in [-0.3, -0.25) is 0 Å². The summed E-state index contributed by atoms with van der Waals surface area (Å²) in [6, 6.07) is 0.628. The van der Waals surface area contributed by atoms with Crippen molar-refractivity contribution in [2.45, 2.75) is 51.7 Å². The van der Waals surface area contributed by atoms with Gasteiger partial charge in [-0.05, 0) is 39.2 Å². The molecule has 0 spiro atoms. The summed E-state index contributed by atoms with van der Waals surface area (Å²) in [5, 5.41) is 3.45. The number of hydrogen-bond donors (Lipinski definition) is 1. The Morgan fingerprint density at radius 1 is 1.53 bits per heavy atom. The third-order valence-electron chi connectivity index (χ3n) is 2.90. The summed E-state index contributed by atoms with van der Waals surface area (Å²) in [5.74, 6) is 0.